The monoisotopic (exact) mass is 460 g/mol. The van der Waals surface area contributed by atoms with Gasteiger partial charge in [0, 0.05) is 6.54 Å². The molecule has 166 valence electrons. The third-order valence-electron chi connectivity index (χ3n) is 5.97. The van der Waals surface area contributed by atoms with E-state index in [4.69, 9.17) is 11.6 Å². The molecule has 0 spiro atoms. The molecule has 0 saturated heterocycles. The van der Waals surface area contributed by atoms with Crippen molar-refractivity contribution in [3.8, 4) is 11.4 Å². The standard InChI is InChI=1S/C23H20ClF3N4O/c24-22(18-4-5-20-17(10-18)12-28-13-21-30-29-14-31(20)21)8-6-15(7-9-22)16-2-1-3-19(11-16)32-23(25,26)27/h1-6,10-11,14,28H,7-9,12-13H2. The molecule has 0 fully saturated rings. The number of halogens is 4. The molecule has 1 aliphatic heterocycles. The summed E-state index contributed by atoms with van der Waals surface area (Å²) >= 11 is 7.06. The lowest BCUT2D eigenvalue weighted by molar-refractivity contribution is -0.274. The Kier molecular flexibility index (Phi) is 5.22. The maximum Gasteiger partial charge on any atom is 0.573 e. The number of allylic oxidation sites excluding steroid dienone is 2. The summed E-state index contributed by atoms with van der Waals surface area (Å²) in [5.74, 6) is 0.643. The number of aromatic nitrogens is 3. The van der Waals surface area contributed by atoms with Crippen LogP contribution in [0.1, 0.15) is 41.8 Å². The summed E-state index contributed by atoms with van der Waals surface area (Å²) < 4.78 is 43.7. The van der Waals surface area contributed by atoms with Crippen molar-refractivity contribution in [2.75, 3.05) is 0 Å². The molecule has 0 amide bonds. The van der Waals surface area contributed by atoms with Crippen LogP contribution in [0, 0.1) is 0 Å². The number of rotatable bonds is 3. The molecular weight excluding hydrogens is 441 g/mol. The zero-order valence-corrected chi connectivity index (χ0v) is 17.7. The SMILES string of the molecule is FC(F)(F)Oc1cccc(C2=CCC(Cl)(c3ccc4c(c3)CNCc3nncn3-4)CC2)c1. The summed E-state index contributed by atoms with van der Waals surface area (Å²) in [5.41, 5.74) is 4.87. The van der Waals surface area contributed by atoms with Crippen LogP contribution in [0.4, 0.5) is 13.2 Å². The lowest BCUT2D eigenvalue weighted by atomic mass is 9.81. The molecule has 1 atom stereocenters. The predicted molar refractivity (Wildman–Crippen MR) is 114 cm³/mol. The summed E-state index contributed by atoms with van der Waals surface area (Å²) in [6, 6.07) is 12.3. The molecule has 1 N–H and O–H groups in total. The maximum absolute atomic E-state index is 12.5. The Labute approximate surface area is 187 Å². The second-order valence-electron chi connectivity index (χ2n) is 8.04. The average molecular weight is 461 g/mol. The van der Waals surface area contributed by atoms with Gasteiger partial charge in [-0.25, -0.2) is 0 Å². The predicted octanol–water partition coefficient (Wildman–Crippen LogP) is 5.47. The summed E-state index contributed by atoms with van der Waals surface area (Å²) in [6.07, 6.45) is 0.935. The normalized spacial score (nSPS) is 20.7. The first-order valence-corrected chi connectivity index (χ1v) is 10.7. The zero-order valence-electron chi connectivity index (χ0n) is 17.0. The quantitative estimate of drug-likeness (QED) is 0.526. The smallest absolute Gasteiger partial charge is 0.406 e. The van der Waals surface area contributed by atoms with Crippen LogP contribution in [0.5, 0.6) is 5.75 Å². The first kappa shape index (κ1) is 21.0. The molecule has 1 aromatic heterocycles. The molecule has 3 aromatic rings. The Hall–Kier alpha value is -2.84. The average Bonchev–Trinajstić information content (AvgIpc) is 3.14. The Morgan fingerprint density at radius 3 is 2.78 bits per heavy atom. The van der Waals surface area contributed by atoms with Gasteiger partial charge in [0.1, 0.15) is 12.1 Å². The highest BCUT2D eigenvalue weighted by atomic mass is 35.5. The zero-order chi connectivity index (χ0) is 22.3. The molecule has 32 heavy (non-hydrogen) atoms. The van der Waals surface area contributed by atoms with Crippen molar-refractivity contribution in [2.45, 2.75) is 43.6 Å². The van der Waals surface area contributed by atoms with Gasteiger partial charge < -0.3 is 10.1 Å². The van der Waals surface area contributed by atoms with Crippen LogP contribution in [-0.4, -0.2) is 21.1 Å². The second-order valence-corrected chi connectivity index (χ2v) is 8.76. The number of ether oxygens (including phenoxy) is 1. The van der Waals surface area contributed by atoms with Gasteiger partial charge in [-0.1, -0.05) is 30.3 Å². The number of nitrogens with zero attached hydrogens (tertiary/aromatic N) is 3. The lowest BCUT2D eigenvalue weighted by Crippen LogP contribution is -2.22. The van der Waals surface area contributed by atoms with Crippen molar-refractivity contribution in [1.29, 1.82) is 0 Å². The highest BCUT2D eigenvalue weighted by Gasteiger charge is 2.34. The highest BCUT2D eigenvalue weighted by molar-refractivity contribution is 6.24. The fourth-order valence-corrected chi connectivity index (χ4v) is 4.66. The van der Waals surface area contributed by atoms with Crippen molar-refractivity contribution in [2.24, 2.45) is 0 Å². The van der Waals surface area contributed by atoms with E-state index in [1.165, 1.54) is 12.1 Å². The first-order chi connectivity index (χ1) is 15.3. The summed E-state index contributed by atoms with van der Waals surface area (Å²) in [5, 5.41) is 11.5. The van der Waals surface area contributed by atoms with E-state index in [-0.39, 0.29) is 5.75 Å². The Morgan fingerprint density at radius 2 is 2.00 bits per heavy atom. The topological polar surface area (TPSA) is 52.0 Å². The van der Waals surface area contributed by atoms with Gasteiger partial charge in [0.05, 0.1) is 17.1 Å². The molecule has 1 aliphatic carbocycles. The van der Waals surface area contributed by atoms with E-state index in [9.17, 15) is 13.2 Å². The molecule has 5 rings (SSSR count). The van der Waals surface area contributed by atoms with Crippen LogP contribution in [0.2, 0.25) is 0 Å². The molecule has 5 nitrogen and oxygen atoms in total. The van der Waals surface area contributed by atoms with Crippen LogP contribution in [-0.2, 0) is 18.0 Å². The number of hydrogen-bond acceptors (Lipinski definition) is 4. The van der Waals surface area contributed by atoms with Gasteiger partial charge >= 0.3 is 6.36 Å². The van der Waals surface area contributed by atoms with Crippen molar-refractivity contribution in [3.05, 3.63) is 77.4 Å². The van der Waals surface area contributed by atoms with Gasteiger partial charge in [0.15, 0.2) is 5.82 Å². The van der Waals surface area contributed by atoms with Gasteiger partial charge in [0.2, 0.25) is 0 Å². The van der Waals surface area contributed by atoms with Gasteiger partial charge in [-0.3, -0.25) is 4.57 Å². The molecule has 2 aromatic carbocycles. The summed E-state index contributed by atoms with van der Waals surface area (Å²) in [7, 11) is 0. The Bertz CT molecular complexity index is 1190. The van der Waals surface area contributed by atoms with Crippen LogP contribution in [0.25, 0.3) is 11.3 Å². The van der Waals surface area contributed by atoms with Crippen molar-refractivity contribution in [3.63, 3.8) is 0 Å². The molecule has 2 heterocycles. The highest BCUT2D eigenvalue weighted by Crippen LogP contribution is 2.45. The van der Waals surface area contributed by atoms with E-state index in [0.29, 0.717) is 32.4 Å². The second kappa shape index (κ2) is 7.94. The fourth-order valence-electron chi connectivity index (χ4n) is 4.37. The number of nitrogens with one attached hydrogen (secondary N) is 1. The Morgan fingerprint density at radius 1 is 1.12 bits per heavy atom. The van der Waals surface area contributed by atoms with E-state index >= 15 is 0 Å². The summed E-state index contributed by atoms with van der Waals surface area (Å²) in [4.78, 5) is -0.569. The minimum Gasteiger partial charge on any atom is -0.406 e. The van der Waals surface area contributed by atoms with Gasteiger partial charge in [-0.15, -0.1) is 35.0 Å². The largest absolute Gasteiger partial charge is 0.573 e. The fraction of sp³-hybridized carbons (Fsp3) is 0.304. The van der Waals surface area contributed by atoms with E-state index in [2.05, 4.69) is 26.3 Å². The molecule has 0 saturated carbocycles. The molecule has 0 bridgehead atoms. The van der Waals surface area contributed by atoms with Crippen LogP contribution in [0.15, 0.2) is 54.9 Å². The van der Waals surface area contributed by atoms with Crippen molar-refractivity contribution >= 4 is 17.2 Å². The number of fused-ring (bicyclic) bond motifs is 3. The third kappa shape index (κ3) is 4.12. The molecule has 2 aliphatic rings. The minimum atomic E-state index is -4.71. The van der Waals surface area contributed by atoms with Crippen LogP contribution in [0.3, 0.4) is 0 Å². The van der Waals surface area contributed by atoms with E-state index in [0.717, 1.165) is 33.8 Å². The van der Waals surface area contributed by atoms with E-state index in [1.807, 2.05) is 22.8 Å². The number of benzene rings is 2. The number of hydrogen-bond donors (Lipinski definition) is 1. The molecular formula is C23H20ClF3N4O. The first-order valence-electron chi connectivity index (χ1n) is 10.3. The third-order valence-corrected chi connectivity index (χ3v) is 6.54. The number of alkyl halides is 4. The van der Waals surface area contributed by atoms with E-state index in [1.54, 1.807) is 18.5 Å². The van der Waals surface area contributed by atoms with Crippen molar-refractivity contribution < 1.29 is 17.9 Å². The Balaban J connectivity index is 1.39. The lowest BCUT2D eigenvalue weighted by Gasteiger charge is -2.32. The maximum atomic E-state index is 12.5. The van der Waals surface area contributed by atoms with Gasteiger partial charge in [0.25, 0.3) is 0 Å². The van der Waals surface area contributed by atoms with Crippen LogP contribution >= 0.6 is 11.6 Å². The van der Waals surface area contributed by atoms with Gasteiger partial charge in [-0.05, 0) is 59.7 Å². The van der Waals surface area contributed by atoms with Crippen LogP contribution < -0.4 is 10.1 Å². The minimum absolute atomic E-state index is 0.217. The summed E-state index contributed by atoms with van der Waals surface area (Å²) in [6.45, 7) is 1.34. The van der Waals surface area contributed by atoms with Crippen molar-refractivity contribution in [1.82, 2.24) is 20.1 Å². The van der Waals surface area contributed by atoms with E-state index < -0.39 is 11.2 Å². The molecule has 9 heteroatoms. The van der Waals surface area contributed by atoms with Gasteiger partial charge in [-0.2, -0.15) is 0 Å². The molecule has 0 radical (unpaired) electrons. The molecule has 1 unspecified atom stereocenters.